The number of carbonyl (C=O) groups is 3. The molecule has 19 heavy (non-hydrogen) atoms. The number of benzene rings is 1. The van der Waals surface area contributed by atoms with Crippen LogP contribution in [0, 0.1) is 0 Å². The monoisotopic (exact) mass is 266 g/mol. The van der Waals surface area contributed by atoms with Gasteiger partial charge in [-0.05, 0) is 17.7 Å². The van der Waals surface area contributed by atoms with Gasteiger partial charge in [0.2, 0.25) is 5.91 Å². The molecule has 0 bridgehead atoms. The highest BCUT2D eigenvalue weighted by Crippen LogP contribution is 2.08. The first-order chi connectivity index (χ1) is 8.88. The Morgan fingerprint density at radius 3 is 2.16 bits per heavy atom. The third-order valence-electron chi connectivity index (χ3n) is 2.34. The van der Waals surface area contributed by atoms with Crippen molar-refractivity contribution in [1.29, 1.82) is 0 Å². The summed E-state index contributed by atoms with van der Waals surface area (Å²) in [5.74, 6) is -2.83. The average molecular weight is 266 g/mol. The number of hydrogen-bond acceptors (Lipinski definition) is 4. The van der Waals surface area contributed by atoms with Gasteiger partial charge < -0.3 is 15.9 Å². The molecule has 0 aliphatic heterocycles. The molecule has 0 radical (unpaired) electrons. The van der Waals surface area contributed by atoms with E-state index in [0.717, 1.165) is 0 Å². The standard InChI is InChI=1S/C12H14N2O5/c13-12(19)9-3-1-2-8(4-9)5-14(6-10(15)16)7-11(17)18/h1-4H,5-7H2,(H2,13,19)(H,15,16)(H,17,18). The van der Waals surface area contributed by atoms with Crippen molar-refractivity contribution in [2.45, 2.75) is 6.54 Å². The summed E-state index contributed by atoms with van der Waals surface area (Å²) in [5.41, 5.74) is 6.05. The van der Waals surface area contributed by atoms with E-state index < -0.39 is 30.9 Å². The van der Waals surface area contributed by atoms with Crippen LogP contribution in [0.5, 0.6) is 0 Å². The maximum Gasteiger partial charge on any atom is 0.317 e. The second kappa shape index (κ2) is 6.50. The molecule has 0 aliphatic carbocycles. The maximum absolute atomic E-state index is 11.0. The van der Waals surface area contributed by atoms with E-state index in [-0.39, 0.29) is 6.54 Å². The molecule has 0 spiro atoms. The van der Waals surface area contributed by atoms with Crippen molar-refractivity contribution in [3.63, 3.8) is 0 Å². The predicted octanol–water partition coefficient (Wildman–Crippen LogP) is -0.243. The highest BCUT2D eigenvalue weighted by molar-refractivity contribution is 5.92. The predicted molar refractivity (Wildman–Crippen MR) is 65.5 cm³/mol. The highest BCUT2D eigenvalue weighted by Gasteiger charge is 2.14. The number of hydrogen-bond donors (Lipinski definition) is 3. The molecule has 1 aromatic rings. The van der Waals surface area contributed by atoms with Gasteiger partial charge in [0.1, 0.15) is 0 Å². The second-order valence-corrected chi connectivity index (χ2v) is 4.00. The molecule has 1 amide bonds. The van der Waals surface area contributed by atoms with Crippen LogP contribution in [-0.2, 0) is 16.1 Å². The van der Waals surface area contributed by atoms with E-state index in [1.807, 2.05) is 0 Å². The van der Waals surface area contributed by atoms with Crippen LogP contribution in [0.4, 0.5) is 0 Å². The summed E-state index contributed by atoms with van der Waals surface area (Å²) in [6.07, 6.45) is 0. The number of nitrogens with zero attached hydrogens (tertiary/aromatic N) is 1. The van der Waals surface area contributed by atoms with Crippen molar-refractivity contribution in [1.82, 2.24) is 4.90 Å². The van der Waals surface area contributed by atoms with Crippen LogP contribution < -0.4 is 5.73 Å². The molecule has 0 unspecified atom stereocenters. The third kappa shape index (κ3) is 5.17. The van der Waals surface area contributed by atoms with Crippen LogP contribution in [0.15, 0.2) is 24.3 Å². The highest BCUT2D eigenvalue weighted by atomic mass is 16.4. The lowest BCUT2D eigenvalue weighted by molar-refractivity contribution is -0.142. The molecule has 0 saturated carbocycles. The smallest absolute Gasteiger partial charge is 0.317 e. The number of amides is 1. The van der Waals surface area contributed by atoms with Crippen LogP contribution in [-0.4, -0.2) is 46.0 Å². The van der Waals surface area contributed by atoms with Crippen molar-refractivity contribution in [2.24, 2.45) is 5.73 Å². The molecular formula is C12H14N2O5. The molecule has 7 nitrogen and oxygen atoms in total. The average Bonchev–Trinajstić information content (AvgIpc) is 2.27. The molecule has 1 rings (SSSR count). The number of carboxylic acids is 2. The Labute approximate surface area is 109 Å². The number of primary amides is 1. The molecule has 7 heteroatoms. The van der Waals surface area contributed by atoms with Gasteiger partial charge in [-0.25, -0.2) is 0 Å². The number of carboxylic acid groups (broad SMARTS) is 2. The molecule has 0 atom stereocenters. The van der Waals surface area contributed by atoms with Crippen molar-refractivity contribution in [3.8, 4) is 0 Å². The maximum atomic E-state index is 11.0. The zero-order valence-electron chi connectivity index (χ0n) is 10.1. The van der Waals surface area contributed by atoms with Crippen molar-refractivity contribution in [3.05, 3.63) is 35.4 Å². The van der Waals surface area contributed by atoms with E-state index in [4.69, 9.17) is 15.9 Å². The molecule has 102 valence electrons. The number of carbonyl (C=O) groups excluding carboxylic acids is 1. The number of aliphatic carboxylic acids is 2. The Morgan fingerprint density at radius 1 is 1.11 bits per heavy atom. The van der Waals surface area contributed by atoms with Crippen molar-refractivity contribution < 1.29 is 24.6 Å². The van der Waals surface area contributed by atoms with Gasteiger partial charge in [0.25, 0.3) is 0 Å². The van der Waals surface area contributed by atoms with E-state index in [9.17, 15) is 14.4 Å². The van der Waals surface area contributed by atoms with Crippen molar-refractivity contribution in [2.75, 3.05) is 13.1 Å². The Kier molecular flexibility index (Phi) is 5.01. The largest absolute Gasteiger partial charge is 0.480 e. The molecule has 0 aliphatic rings. The Morgan fingerprint density at radius 2 is 1.68 bits per heavy atom. The fourth-order valence-electron chi connectivity index (χ4n) is 1.63. The van der Waals surface area contributed by atoms with Crippen LogP contribution in [0.1, 0.15) is 15.9 Å². The summed E-state index contributed by atoms with van der Waals surface area (Å²) in [4.78, 5) is 33.6. The Hall–Kier alpha value is -2.41. The first-order valence-electron chi connectivity index (χ1n) is 5.43. The summed E-state index contributed by atoms with van der Waals surface area (Å²) in [6.45, 7) is -0.681. The van der Waals surface area contributed by atoms with Gasteiger partial charge in [-0.3, -0.25) is 19.3 Å². The SMILES string of the molecule is NC(=O)c1cccc(CN(CC(=O)O)CC(=O)O)c1. The minimum absolute atomic E-state index is 0.111. The van der Waals surface area contributed by atoms with Gasteiger partial charge in [-0.15, -0.1) is 0 Å². The lowest BCUT2D eigenvalue weighted by Gasteiger charge is -2.18. The van der Waals surface area contributed by atoms with E-state index in [2.05, 4.69) is 0 Å². The molecular weight excluding hydrogens is 252 g/mol. The Bertz CT molecular complexity index is 485. The molecule has 0 aromatic heterocycles. The minimum Gasteiger partial charge on any atom is -0.480 e. The van der Waals surface area contributed by atoms with Gasteiger partial charge in [0.15, 0.2) is 0 Å². The summed E-state index contributed by atoms with van der Waals surface area (Å²) >= 11 is 0. The summed E-state index contributed by atoms with van der Waals surface area (Å²) in [7, 11) is 0. The normalized spacial score (nSPS) is 10.4. The summed E-state index contributed by atoms with van der Waals surface area (Å²) < 4.78 is 0. The van der Waals surface area contributed by atoms with Crippen LogP contribution >= 0.6 is 0 Å². The van der Waals surface area contributed by atoms with Gasteiger partial charge >= 0.3 is 11.9 Å². The summed E-state index contributed by atoms with van der Waals surface area (Å²) in [5, 5.41) is 17.4. The van der Waals surface area contributed by atoms with Gasteiger partial charge in [-0.2, -0.15) is 0 Å². The van der Waals surface area contributed by atoms with E-state index in [1.54, 1.807) is 12.1 Å². The first kappa shape index (κ1) is 14.7. The number of rotatable bonds is 7. The third-order valence-corrected chi connectivity index (χ3v) is 2.34. The van der Waals surface area contributed by atoms with Gasteiger partial charge in [-0.1, -0.05) is 12.1 Å². The first-order valence-corrected chi connectivity index (χ1v) is 5.43. The van der Waals surface area contributed by atoms with Crippen LogP contribution in [0.2, 0.25) is 0 Å². The quantitative estimate of drug-likeness (QED) is 0.626. The molecule has 0 fully saturated rings. The van der Waals surface area contributed by atoms with Crippen molar-refractivity contribution >= 4 is 17.8 Å². The summed E-state index contributed by atoms with van der Waals surface area (Å²) in [6, 6.07) is 6.32. The topological polar surface area (TPSA) is 121 Å². The lowest BCUT2D eigenvalue weighted by Crippen LogP contribution is -2.34. The van der Waals surface area contributed by atoms with Gasteiger partial charge in [0.05, 0.1) is 13.1 Å². The molecule has 4 N–H and O–H groups in total. The molecule has 1 aromatic carbocycles. The minimum atomic E-state index is -1.12. The fourth-order valence-corrected chi connectivity index (χ4v) is 1.63. The molecule has 0 saturated heterocycles. The van der Waals surface area contributed by atoms with E-state index in [1.165, 1.54) is 17.0 Å². The van der Waals surface area contributed by atoms with Gasteiger partial charge in [0, 0.05) is 12.1 Å². The van der Waals surface area contributed by atoms with E-state index in [0.29, 0.717) is 11.1 Å². The Balaban J connectivity index is 2.82. The lowest BCUT2D eigenvalue weighted by atomic mass is 10.1. The van der Waals surface area contributed by atoms with E-state index >= 15 is 0 Å². The number of nitrogens with two attached hydrogens (primary N) is 1. The van der Waals surface area contributed by atoms with Crippen LogP contribution in [0.3, 0.4) is 0 Å². The van der Waals surface area contributed by atoms with Crippen LogP contribution in [0.25, 0.3) is 0 Å². The molecule has 0 heterocycles. The zero-order chi connectivity index (χ0) is 14.4. The second-order valence-electron chi connectivity index (χ2n) is 4.00. The zero-order valence-corrected chi connectivity index (χ0v) is 10.1. The fraction of sp³-hybridized carbons (Fsp3) is 0.250.